The molecule has 0 aliphatic carbocycles. The molecular weight excluding hydrogens is 782 g/mol. The van der Waals surface area contributed by atoms with Gasteiger partial charge in [0.05, 0.1) is 5.69 Å². The summed E-state index contributed by atoms with van der Waals surface area (Å²) in [6.45, 7) is 3.37. The van der Waals surface area contributed by atoms with Gasteiger partial charge in [-0.15, -0.1) is 17.7 Å². The van der Waals surface area contributed by atoms with Gasteiger partial charge in [-0.2, -0.15) is 17.2 Å². The Morgan fingerprint density at radius 1 is 1.20 bits per heavy atom. The Hall–Kier alpha value is -2.02. The number of benzene rings is 2. The number of rotatable bonds is 5. The smallest absolute Gasteiger partial charge is 0.455 e. The van der Waals surface area contributed by atoms with Crippen LogP contribution in [0, 0.1) is 50.4 Å². The second-order valence-corrected chi connectivity index (χ2v) is 10.1. The Balaban J connectivity index is 0.00000171. The molecule has 0 radical (unpaired) electrons. The number of halogens is 2. The van der Waals surface area contributed by atoms with Crippen LogP contribution in [0.15, 0.2) is 76.1 Å². The summed E-state index contributed by atoms with van der Waals surface area (Å²) in [7, 11) is 0. The molecule has 2 aliphatic heterocycles. The van der Waals surface area contributed by atoms with Gasteiger partial charge in [0.1, 0.15) is 12.3 Å². The summed E-state index contributed by atoms with van der Waals surface area (Å²) in [6, 6.07) is 19.0. The molecule has 178 valence electrons. The quantitative estimate of drug-likeness (QED) is 0.244. The number of amides is 1. The SMILES string of the molecule is CC1=CI=C(C2=CCN(C(=O)Cn3nc(-c4c[c-]c(F)cc4)cc3-c3ccccc3)CC2)O1.[CH3-].[U+2]. The van der Waals surface area contributed by atoms with E-state index >= 15 is 0 Å². The Morgan fingerprint density at radius 2 is 2.00 bits per heavy atom. The minimum absolute atomic E-state index is 0. The molecule has 0 saturated heterocycles. The molecule has 1 amide bonds. The molecule has 5 nitrogen and oxygen atoms in total. The van der Waals surface area contributed by atoms with E-state index in [1.165, 1.54) is 11.6 Å². The molecule has 5 rings (SSSR count). The van der Waals surface area contributed by atoms with E-state index < -0.39 is 5.82 Å². The van der Waals surface area contributed by atoms with Crippen LogP contribution in [0.1, 0.15) is 13.3 Å². The first-order valence-corrected chi connectivity index (χ1v) is 13.0. The standard InChI is InChI=1S/C26H22FIN3O2.CH3.U/c1-18-16-28-26(33-18)21-11-13-30(14-12-21)25(32)17-31-24(20-5-3-2-4-6-20)15-23(29-31)19-7-9-22(27)10-8-19;;/h2-9,11,15-16H,12-14,17H2,1H3;1H3;/q2*-1;+2. The summed E-state index contributed by atoms with van der Waals surface area (Å²) >= 11 is -0.192. The van der Waals surface area contributed by atoms with E-state index in [-0.39, 0.29) is 71.7 Å². The zero-order valence-corrected chi connectivity index (χ0v) is 25.9. The largest absolute Gasteiger partial charge is 2.00 e. The number of hydrogen-bond donors (Lipinski definition) is 0. The Kier molecular flexibility index (Phi) is 9.68. The normalized spacial score (nSPS) is 14.9. The third kappa shape index (κ3) is 6.41. The topological polar surface area (TPSA) is 47.4 Å². The van der Waals surface area contributed by atoms with Gasteiger partial charge in [-0.05, 0) is 45.7 Å². The first kappa shape index (κ1) is 27.6. The van der Waals surface area contributed by atoms with Crippen molar-refractivity contribution in [3.8, 4) is 22.5 Å². The minimum atomic E-state index is -0.414. The van der Waals surface area contributed by atoms with Gasteiger partial charge in [0.2, 0.25) is 5.91 Å². The molecule has 0 spiro atoms. The second-order valence-electron chi connectivity index (χ2n) is 7.89. The summed E-state index contributed by atoms with van der Waals surface area (Å²) in [4.78, 5) is 15.0. The molecule has 0 N–H and O–H groups in total. The Labute approximate surface area is 239 Å². The van der Waals surface area contributed by atoms with E-state index in [0.29, 0.717) is 18.8 Å². The fourth-order valence-electron chi connectivity index (χ4n) is 3.84. The molecule has 2 aliphatic rings. The predicted molar refractivity (Wildman–Crippen MR) is 141 cm³/mol. The van der Waals surface area contributed by atoms with Crippen molar-refractivity contribution in [1.82, 2.24) is 14.7 Å². The average Bonchev–Trinajstić information content (AvgIpc) is 3.47. The van der Waals surface area contributed by atoms with E-state index in [9.17, 15) is 9.18 Å². The third-order valence-electron chi connectivity index (χ3n) is 5.58. The van der Waals surface area contributed by atoms with Crippen molar-refractivity contribution in [3.05, 3.63) is 95.4 Å². The van der Waals surface area contributed by atoms with Crippen LogP contribution in [0.4, 0.5) is 4.39 Å². The van der Waals surface area contributed by atoms with E-state index in [2.05, 4.69) is 16.2 Å². The molecular formula is C27H25FIN3O2U. The van der Waals surface area contributed by atoms with Crippen LogP contribution in [-0.4, -0.2) is 37.4 Å². The molecule has 0 saturated carbocycles. The van der Waals surface area contributed by atoms with Crippen molar-refractivity contribution in [3.63, 3.8) is 0 Å². The van der Waals surface area contributed by atoms with E-state index in [0.717, 1.165) is 32.7 Å². The van der Waals surface area contributed by atoms with Crippen LogP contribution < -0.4 is 0 Å². The van der Waals surface area contributed by atoms with Crippen LogP contribution in [0.2, 0.25) is 0 Å². The van der Waals surface area contributed by atoms with E-state index in [1.54, 1.807) is 16.8 Å². The molecule has 8 heteroatoms. The fraction of sp³-hybridized carbons (Fsp3) is 0.185. The molecule has 2 aromatic carbocycles. The van der Waals surface area contributed by atoms with Crippen molar-refractivity contribution in [2.75, 3.05) is 13.1 Å². The average molecular weight is 807 g/mol. The Morgan fingerprint density at radius 3 is 2.63 bits per heavy atom. The number of carbonyl (C=O) groups is 1. The summed E-state index contributed by atoms with van der Waals surface area (Å²) in [5.41, 5.74) is 4.49. The van der Waals surface area contributed by atoms with Gasteiger partial charge in [0.25, 0.3) is 0 Å². The zero-order chi connectivity index (χ0) is 22.8. The molecule has 0 atom stereocenters. The number of allylic oxidation sites excluding steroid dienone is 1. The van der Waals surface area contributed by atoms with Crippen LogP contribution in [0.5, 0.6) is 0 Å². The predicted octanol–water partition coefficient (Wildman–Crippen LogP) is 5.76. The monoisotopic (exact) mass is 807 g/mol. The number of nitrogens with zero attached hydrogens (tertiary/aromatic N) is 3. The fourth-order valence-corrected chi connectivity index (χ4v) is 6.05. The second kappa shape index (κ2) is 12.3. The van der Waals surface area contributed by atoms with Crippen LogP contribution in [0.3, 0.4) is 0 Å². The minimum Gasteiger partial charge on any atom is -0.455 e. The first-order valence-electron chi connectivity index (χ1n) is 10.7. The molecule has 1 aromatic heterocycles. The maximum atomic E-state index is 13.3. The molecule has 3 aromatic rings. The number of aromatic nitrogens is 2. The van der Waals surface area contributed by atoms with Gasteiger partial charge in [-0.3, -0.25) is 9.48 Å². The number of hydrogen-bond acceptors (Lipinski definition) is 3. The van der Waals surface area contributed by atoms with Gasteiger partial charge in [-0.1, -0.05) is 36.4 Å². The molecule has 0 bridgehead atoms. The molecule has 0 unspecified atom stereocenters. The van der Waals surface area contributed by atoms with E-state index in [4.69, 9.17) is 9.84 Å². The third-order valence-corrected chi connectivity index (χ3v) is 8.24. The summed E-state index contributed by atoms with van der Waals surface area (Å²) in [6.07, 6.45) is 2.92. The van der Waals surface area contributed by atoms with Gasteiger partial charge in [0, 0.05) is 34.3 Å². The molecule has 35 heavy (non-hydrogen) atoms. The maximum absolute atomic E-state index is 13.3. The van der Waals surface area contributed by atoms with Crippen LogP contribution >= 0.6 is 20.7 Å². The van der Waals surface area contributed by atoms with Gasteiger partial charge < -0.3 is 17.1 Å². The summed E-state index contributed by atoms with van der Waals surface area (Å²) in [5.74, 6) is 0.589. The number of ether oxygens (including phenoxy) is 1. The van der Waals surface area contributed by atoms with Crippen molar-refractivity contribution in [2.24, 2.45) is 0 Å². The zero-order valence-electron chi connectivity index (χ0n) is 19.6. The summed E-state index contributed by atoms with van der Waals surface area (Å²) in [5, 5.41) is 4.69. The molecule has 0 fully saturated rings. The maximum Gasteiger partial charge on any atom is 2.00 e. The molecule has 3 heterocycles. The first-order chi connectivity index (χ1) is 16.1. The van der Waals surface area contributed by atoms with E-state index in [1.807, 2.05) is 48.2 Å². The number of carbonyl (C=O) groups excluding carboxylic acids is 1. The van der Waals surface area contributed by atoms with Gasteiger partial charge in [-0.25, -0.2) is 4.39 Å². The summed E-state index contributed by atoms with van der Waals surface area (Å²) < 4.78 is 24.2. The Bertz CT molecular complexity index is 1280. The van der Waals surface area contributed by atoms with Crippen molar-refractivity contribution >= 4 is 30.3 Å². The van der Waals surface area contributed by atoms with Crippen molar-refractivity contribution < 1.29 is 45.0 Å². The van der Waals surface area contributed by atoms with Crippen molar-refractivity contribution in [1.29, 1.82) is 0 Å². The van der Waals surface area contributed by atoms with Gasteiger partial charge >= 0.3 is 31.1 Å². The van der Waals surface area contributed by atoms with Crippen LogP contribution in [-0.2, 0) is 16.1 Å². The van der Waals surface area contributed by atoms with Crippen LogP contribution in [0.25, 0.3) is 22.5 Å². The van der Waals surface area contributed by atoms with Crippen molar-refractivity contribution in [2.45, 2.75) is 19.9 Å². The van der Waals surface area contributed by atoms with Gasteiger partial charge in [0.15, 0.2) is 3.69 Å².